The highest BCUT2D eigenvalue weighted by Crippen LogP contribution is 2.07. The Bertz CT molecular complexity index is 360. The molecular formula is C11H14ClN3O. The number of pyridine rings is 1. The van der Waals surface area contributed by atoms with E-state index in [4.69, 9.17) is 11.6 Å². The summed E-state index contributed by atoms with van der Waals surface area (Å²) in [5, 5.41) is 6.62. The fraction of sp³-hybridized carbons (Fsp3) is 0.455. The van der Waals surface area contributed by atoms with Crippen LogP contribution in [0.3, 0.4) is 0 Å². The first-order valence-corrected chi connectivity index (χ1v) is 5.76. The molecule has 2 N–H and O–H groups in total. The first-order chi connectivity index (χ1) is 7.75. The fourth-order valence-corrected chi connectivity index (χ4v) is 1.87. The molecule has 1 aromatic rings. The smallest absolute Gasteiger partial charge is 0.253 e. The Labute approximate surface area is 99.4 Å². The van der Waals surface area contributed by atoms with Crippen molar-refractivity contribution in [3.05, 3.63) is 29.0 Å². The number of carbonyl (C=O) groups excluding carboxylic acids is 1. The van der Waals surface area contributed by atoms with Crippen LogP contribution in [0.25, 0.3) is 0 Å². The normalized spacial score (nSPS) is 20.4. The summed E-state index contributed by atoms with van der Waals surface area (Å²) in [6.45, 7) is 1.88. The Hall–Kier alpha value is -1.13. The molecule has 1 unspecified atom stereocenters. The van der Waals surface area contributed by atoms with Crippen molar-refractivity contribution in [3.8, 4) is 0 Å². The summed E-state index contributed by atoms with van der Waals surface area (Å²) >= 11 is 5.66. The van der Waals surface area contributed by atoms with Gasteiger partial charge >= 0.3 is 0 Å². The van der Waals surface area contributed by atoms with E-state index in [9.17, 15) is 4.79 Å². The summed E-state index contributed by atoms with van der Waals surface area (Å²) < 4.78 is 0. The quantitative estimate of drug-likeness (QED) is 0.763. The highest BCUT2D eigenvalue weighted by Gasteiger charge is 2.16. The second kappa shape index (κ2) is 5.27. The third-order valence-electron chi connectivity index (χ3n) is 2.62. The molecule has 2 rings (SSSR count). The number of piperidine rings is 1. The van der Waals surface area contributed by atoms with Crippen molar-refractivity contribution in [2.75, 3.05) is 13.1 Å². The van der Waals surface area contributed by atoms with Crippen LogP contribution in [-0.4, -0.2) is 30.0 Å². The Morgan fingerprint density at radius 2 is 2.44 bits per heavy atom. The maximum atomic E-state index is 11.8. The number of nitrogens with one attached hydrogen (secondary N) is 2. The Morgan fingerprint density at radius 3 is 3.06 bits per heavy atom. The number of hydrogen-bond acceptors (Lipinski definition) is 3. The van der Waals surface area contributed by atoms with Gasteiger partial charge in [0, 0.05) is 18.8 Å². The van der Waals surface area contributed by atoms with Gasteiger partial charge in [-0.2, -0.15) is 0 Å². The summed E-state index contributed by atoms with van der Waals surface area (Å²) in [7, 11) is 0. The van der Waals surface area contributed by atoms with Crippen LogP contribution in [0.4, 0.5) is 0 Å². The van der Waals surface area contributed by atoms with Crippen molar-refractivity contribution in [3.63, 3.8) is 0 Å². The van der Waals surface area contributed by atoms with Crippen molar-refractivity contribution in [2.45, 2.75) is 18.9 Å². The molecule has 1 saturated heterocycles. The molecule has 5 heteroatoms. The number of rotatable bonds is 2. The first kappa shape index (κ1) is 11.4. The SMILES string of the molecule is O=C(NC1CCCNC1)c1ccc(Cl)nc1. The van der Waals surface area contributed by atoms with Gasteiger partial charge in [-0.1, -0.05) is 11.6 Å². The van der Waals surface area contributed by atoms with Crippen LogP contribution in [0.1, 0.15) is 23.2 Å². The molecule has 1 fully saturated rings. The lowest BCUT2D eigenvalue weighted by Crippen LogP contribution is -2.45. The largest absolute Gasteiger partial charge is 0.348 e. The Kier molecular flexibility index (Phi) is 3.74. The van der Waals surface area contributed by atoms with Gasteiger partial charge in [0.25, 0.3) is 5.91 Å². The molecule has 86 valence electrons. The van der Waals surface area contributed by atoms with E-state index >= 15 is 0 Å². The predicted octanol–water partition coefficient (Wildman–Crippen LogP) is 1.22. The molecule has 0 saturated carbocycles. The summed E-state index contributed by atoms with van der Waals surface area (Å²) in [6.07, 6.45) is 3.62. The molecule has 4 nitrogen and oxygen atoms in total. The van der Waals surface area contributed by atoms with Crippen molar-refractivity contribution in [1.29, 1.82) is 0 Å². The van der Waals surface area contributed by atoms with E-state index in [0.29, 0.717) is 10.7 Å². The Morgan fingerprint density at radius 1 is 1.56 bits per heavy atom. The van der Waals surface area contributed by atoms with Crippen molar-refractivity contribution >= 4 is 17.5 Å². The van der Waals surface area contributed by atoms with Crippen molar-refractivity contribution < 1.29 is 4.79 Å². The molecular weight excluding hydrogens is 226 g/mol. The summed E-state index contributed by atoms with van der Waals surface area (Å²) in [4.78, 5) is 15.7. The van der Waals surface area contributed by atoms with Crippen LogP contribution < -0.4 is 10.6 Å². The lowest BCUT2D eigenvalue weighted by Gasteiger charge is -2.23. The number of nitrogens with zero attached hydrogens (tertiary/aromatic N) is 1. The minimum absolute atomic E-state index is 0.0853. The van der Waals surface area contributed by atoms with E-state index in [1.165, 1.54) is 6.20 Å². The molecule has 1 aliphatic rings. The van der Waals surface area contributed by atoms with E-state index in [1.54, 1.807) is 12.1 Å². The molecule has 1 aromatic heterocycles. The summed E-state index contributed by atoms with van der Waals surface area (Å²) in [5.41, 5.74) is 0.551. The zero-order chi connectivity index (χ0) is 11.4. The van der Waals surface area contributed by atoms with E-state index in [-0.39, 0.29) is 11.9 Å². The first-order valence-electron chi connectivity index (χ1n) is 5.39. The van der Waals surface area contributed by atoms with Gasteiger partial charge < -0.3 is 10.6 Å². The second-order valence-corrected chi connectivity index (χ2v) is 4.27. The van der Waals surface area contributed by atoms with Crippen LogP contribution in [0.5, 0.6) is 0 Å². The zero-order valence-corrected chi connectivity index (χ0v) is 9.63. The highest BCUT2D eigenvalue weighted by molar-refractivity contribution is 6.29. The fourth-order valence-electron chi connectivity index (χ4n) is 1.75. The molecule has 0 radical (unpaired) electrons. The average molecular weight is 240 g/mol. The van der Waals surface area contributed by atoms with Gasteiger partial charge in [0.2, 0.25) is 0 Å². The van der Waals surface area contributed by atoms with Gasteiger partial charge in [0.15, 0.2) is 0 Å². The monoisotopic (exact) mass is 239 g/mol. The molecule has 0 bridgehead atoms. The topological polar surface area (TPSA) is 54.0 Å². The molecule has 1 amide bonds. The molecule has 0 aliphatic carbocycles. The molecule has 2 heterocycles. The predicted molar refractivity (Wildman–Crippen MR) is 62.6 cm³/mol. The standard InChI is InChI=1S/C11H14ClN3O/c12-10-4-3-8(6-14-10)11(16)15-9-2-1-5-13-7-9/h3-4,6,9,13H,1-2,5,7H2,(H,15,16). The van der Waals surface area contributed by atoms with Gasteiger partial charge in [-0.3, -0.25) is 4.79 Å². The van der Waals surface area contributed by atoms with Gasteiger partial charge in [-0.05, 0) is 31.5 Å². The van der Waals surface area contributed by atoms with Crippen molar-refractivity contribution in [1.82, 2.24) is 15.6 Å². The number of aromatic nitrogens is 1. The van der Waals surface area contributed by atoms with E-state index in [0.717, 1.165) is 25.9 Å². The van der Waals surface area contributed by atoms with Crippen LogP contribution in [0.2, 0.25) is 5.15 Å². The second-order valence-electron chi connectivity index (χ2n) is 3.89. The average Bonchev–Trinajstić information content (AvgIpc) is 2.31. The van der Waals surface area contributed by atoms with Crippen LogP contribution >= 0.6 is 11.6 Å². The van der Waals surface area contributed by atoms with Crippen LogP contribution in [-0.2, 0) is 0 Å². The minimum Gasteiger partial charge on any atom is -0.348 e. The van der Waals surface area contributed by atoms with Crippen LogP contribution in [0, 0.1) is 0 Å². The van der Waals surface area contributed by atoms with Gasteiger partial charge in [-0.15, -0.1) is 0 Å². The molecule has 0 spiro atoms. The van der Waals surface area contributed by atoms with Crippen LogP contribution in [0.15, 0.2) is 18.3 Å². The molecule has 16 heavy (non-hydrogen) atoms. The van der Waals surface area contributed by atoms with E-state index < -0.39 is 0 Å². The highest BCUT2D eigenvalue weighted by atomic mass is 35.5. The minimum atomic E-state index is -0.0853. The zero-order valence-electron chi connectivity index (χ0n) is 8.87. The Balaban J connectivity index is 1.94. The number of halogens is 1. The lowest BCUT2D eigenvalue weighted by atomic mass is 10.1. The van der Waals surface area contributed by atoms with Gasteiger partial charge in [-0.25, -0.2) is 4.98 Å². The van der Waals surface area contributed by atoms with Gasteiger partial charge in [0.1, 0.15) is 5.15 Å². The van der Waals surface area contributed by atoms with E-state index in [2.05, 4.69) is 15.6 Å². The maximum Gasteiger partial charge on any atom is 0.253 e. The molecule has 1 aliphatic heterocycles. The summed E-state index contributed by atoms with van der Waals surface area (Å²) in [5.74, 6) is -0.0853. The maximum absolute atomic E-state index is 11.8. The van der Waals surface area contributed by atoms with E-state index in [1.807, 2.05) is 0 Å². The number of hydrogen-bond donors (Lipinski definition) is 2. The number of amides is 1. The van der Waals surface area contributed by atoms with Crippen molar-refractivity contribution in [2.24, 2.45) is 0 Å². The van der Waals surface area contributed by atoms with Gasteiger partial charge in [0.05, 0.1) is 5.56 Å². The number of carbonyl (C=O) groups is 1. The third kappa shape index (κ3) is 2.93. The lowest BCUT2D eigenvalue weighted by molar-refractivity contribution is 0.0930. The third-order valence-corrected chi connectivity index (χ3v) is 2.85. The summed E-state index contributed by atoms with van der Waals surface area (Å²) in [6, 6.07) is 3.52. The molecule has 0 aromatic carbocycles. The molecule has 1 atom stereocenters.